The number of hydrogen-bond donors (Lipinski definition) is 2. The molecular formula is C20H24N2O3. The lowest BCUT2D eigenvalue weighted by Crippen LogP contribution is -2.35. The van der Waals surface area contributed by atoms with Gasteiger partial charge in [0.1, 0.15) is 5.76 Å². The maximum Gasteiger partial charge on any atom is 0.228 e. The Labute approximate surface area is 147 Å². The van der Waals surface area contributed by atoms with E-state index in [1.807, 2.05) is 30.3 Å². The molecule has 2 unspecified atom stereocenters. The highest BCUT2D eigenvalue weighted by Crippen LogP contribution is 2.48. The van der Waals surface area contributed by atoms with Gasteiger partial charge in [0.25, 0.3) is 0 Å². The van der Waals surface area contributed by atoms with Crippen LogP contribution in [0.25, 0.3) is 0 Å². The molecule has 1 aliphatic heterocycles. The Morgan fingerprint density at radius 3 is 2.72 bits per heavy atom. The van der Waals surface area contributed by atoms with Crippen LogP contribution in [0.4, 0.5) is 11.4 Å². The summed E-state index contributed by atoms with van der Waals surface area (Å²) in [5.74, 6) is 1.58. The Hall–Kier alpha value is -2.27. The standard InChI is InChI=1S/C20H24N2O3/c23-13-14-7-9-22(10-8-14)18-5-2-1-4-17(18)21-20(24)16-12-15(16)19-6-3-11-25-19/h1-6,11,14-16,23H,7-10,12-13H2,(H,21,24). The minimum Gasteiger partial charge on any atom is -0.469 e. The van der Waals surface area contributed by atoms with Gasteiger partial charge in [-0.2, -0.15) is 0 Å². The van der Waals surface area contributed by atoms with Gasteiger partial charge in [-0.25, -0.2) is 0 Å². The van der Waals surface area contributed by atoms with E-state index in [0.29, 0.717) is 5.92 Å². The number of amides is 1. The van der Waals surface area contributed by atoms with Crippen LogP contribution in [0.15, 0.2) is 47.1 Å². The first-order chi connectivity index (χ1) is 12.3. The Bertz CT molecular complexity index is 720. The largest absolute Gasteiger partial charge is 0.469 e. The average molecular weight is 340 g/mol. The molecule has 0 radical (unpaired) electrons. The van der Waals surface area contributed by atoms with E-state index in [9.17, 15) is 9.90 Å². The predicted octanol–water partition coefficient (Wildman–Crippen LogP) is 3.23. The molecule has 0 bridgehead atoms. The summed E-state index contributed by atoms with van der Waals surface area (Å²) in [5, 5.41) is 12.4. The molecule has 2 aromatic rings. The van der Waals surface area contributed by atoms with Crippen LogP contribution in [-0.2, 0) is 4.79 Å². The fourth-order valence-electron chi connectivity index (χ4n) is 3.74. The van der Waals surface area contributed by atoms with Crippen LogP contribution in [0.1, 0.15) is 30.9 Å². The van der Waals surface area contributed by atoms with Crippen molar-refractivity contribution in [3.8, 4) is 0 Å². The van der Waals surface area contributed by atoms with Gasteiger partial charge >= 0.3 is 0 Å². The molecule has 1 saturated carbocycles. The average Bonchev–Trinajstić information content (AvgIpc) is 3.28. The summed E-state index contributed by atoms with van der Waals surface area (Å²) in [4.78, 5) is 14.9. The van der Waals surface area contributed by atoms with Gasteiger partial charge in [0, 0.05) is 31.5 Å². The number of piperidine rings is 1. The molecule has 1 saturated heterocycles. The van der Waals surface area contributed by atoms with Crippen LogP contribution in [0.5, 0.6) is 0 Å². The summed E-state index contributed by atoms with van der Waals surface area (Å²) >= 11 is 0. The highest BCUT2D eigenvalue weighted by molar-refractivity contribution is 5.98. The maximum atomic E-state index is 12.6. The van der Waals surface area contributed by atoms with Crippen LogP contribution < -0.4 is 10.2 Å². The van der Waals surface area contributed by atoms with Crippen molar-refractivity contribution < 1.29 is 14.3 Å². The SMILES string of the molecule is O=C(Nc1ccccc1N1CCC(CO)CC1)C1CC1c1ccco1. The third-order valence-electron chi connectivity index (χ3n) is 5.41. The van der Waals surface area contributed by atoms with Crippen molar-refractivity contribution in [1.29, 1.82) is 0 Å². The zero-order chi connectivity index (χ0) is 17.2. The van der Waals surface area contributed by atoms with Gasteiger partial charge in [-0.05, 0) is 49.4 Å². The van der Waals surface area contributed by atoms with Gasteiger partial charge < -0.3 is 19.7 Å². The summed E-state index contributed by atoms with van der Waals surface area (Å²) in [6.45, 7) is 2.09. The summed E-state index contributed by atoms with van der Waals surface area (Å²) < 4.78 is 5.42. The molecule has 2 N–H and O–H groups in total. The van der Waals surface area contributed by atoms with Gasteiger partial charge in [-0.15, -0.1) is 0 Å². The van der Waals surface area contributed by atoms with Crippen molar-refractivity contribution in [2.45, 2.75) is 25.2 Å². The van der Waals surface area contributed by atoms with Crippen LogP contribution in [-0.4, -0.2) is 30.7 Å². The van der Waals surface area contributed by atoms with Crippen molar-refractivity contribution in [3.63, 3.8) is 0 Å². The second-order valence-corrected chi connectivity index (χ2v) is 7.08. The van der Waals surface area contributed by atoms with Crippen molar-refractivity contribution in [2.75, 3.05) is 29.9 Å². The van der Waals surface area contributed by atoms with Gasteiger partial charge in [0.05, 0.1) is 17.6 Å². The molecule has 1 aromatic heterocycles. The van der Waals surface area contributed by atoms with Crippen LogP contribution >= 0.6 is 0 Å². The number of benzene rings is 1. The summed E-state index contributed by atoms with van der Waals surface area (Å²) in [6, 6.07) is 11.8. The van der Waals surface area contributed by atoms with Crippen LogP contribution in [0, 0.1) is 11.8 Å². The molecule has 2 heterocycles. The Balaban J connectivity index is 1.42. The van der Waals surface area contributed by atoms with Gasteiger partial charge in [0.2, 0.25) is 5.91 Å². The molecule has 2 atom stereocenters. The summed E-state index contributed by atoms with van der Waals surface area (Å²) in [5.41, 5.74) is 1.95. The Morgan fingerprint density at radius 1 is 1.20 bits per heavy atom. The molecule has 1 amide bonds. The Morgan fingerprint density at radius 2 is 2.00 bits per heavy atom. The topological polar surface area (TPSA) is 65.7 Å². The fraction of sp³-hybridized carbons (Fsp3) is 0.450. The lowest BCUT2D eigenvalue weighted by molar-refractivity contribution is -0.117. The second kappa shape index (κ2) is 6.92. The first-order valence-corrected chi connectivity index (χ1v) is 9.05. The lowest BCUT2D eigenvalue weighted by atomic mass is 9.97. The van der Waals surface area contributed by atoms with E-state index in [1.54, 1.807) is 6.26 Å². The molecule has 25 heavy (non-hydrogen) atoms. The monoisotopic (exact) mass is 340 g/mol. The first-order valence-electron chi connectivity index (χ1n) is 9.05. The number of hydrogen-bond acceptors (Lipinski definition) is 4. The zero-order valence-corrected chi connectivity index (χ0v) is 14.2. The van der Waals surface area contributed by atoms with Crippen LogP contribution in [0.3, 0.4) is 0 Å². The lowest BCUT2D eigenvalue weighted by Gasteiger charge is -2.34. The number of para-hydroxylation sites is 2. The molecule has 4 rings (SSSR count). The summed E-state index contributed by atoms with van der Waals surface area (Å²) in [6.07, 6.45) is 4.49. The number of furan rings is 1. The minimum absolute atomic E-state index is 0.000619. The molecular weight excluding hydrogens is 316 g/mol. The molecule has 1 aromatic carbocycles. The zero-order valence-electron chi connectivity index (χ0n) is 14.2. The Kier molecular flexibility index (Phi) is 4.49. The maximum absolute atomic E-state index is 12.6. The molecule has 2 aliphatic rings. The third-order valence-corrected chi connectivity index (χ3v) is 5.41. The van der Waals surface area contributed by atoms with E-state index < -0.39 is 0 Å². The molecule has 2 fully saturated rings. The van der Waals surface area contributed by atoms with E-state index in [2.05, 4.69) is 16.3 Å². The van der Waals surface area contributed by atoms with Crippen LogP contribution in [0.2, 0.25) is 0 Å². The number of aliphatic hydroxyl groups excluding tert-OH is 1. The quantitative estimate of drug-likeness (QED) is 0.877. The first kappa shape index (κ1) is 16.2. The van der Waals surface area contributed by atoms with Crippen molar-refractivity contribution >= 4 is 17.3 Å². The van der Waals surface area contributed by atoms with E-state index in [0.717, 1.165) is 49.5 Å². The number of carbonyl (C=O) groups excluding carboxylic acids is 1. The molecule has 0 spiro atoms. The van der Waals surface area contributed by atoms with Gasteiger partial charge in [-0.3, -0.25) is 4.79 Å². The molecule has 132 valence electrons. The molecule has 1 aliphatic carbocycles. The number of nitrogens with one attached hydrogen (secondary N) is 1. The number of aliphatic hydroxyl groups is 1. The van der Waals surface area contributed by atoms with Crippen molar-refractivity contribution in [1.82, 2.24) is 0 Å². The number of carbonyl (C=O) groups is 1. The highest BCUT2D eigenvalue weighted by atomic mass is 16.3. The van der Waals surface area contributed by atoms with E-state index in [1.165, 1.54) is 0 Å². The van der Waals surface area contributed by atoms with E-state index in [4.69, 9.17) is 4.42 Å². The smallest absolute Gasteiger partial charge is 0.228 e. The predicted molar refractivity (Wildman–Crippen MR) is 96.7 cm³/mol. The number of nitrogens with zero attached hydrogens (tertiary/aromatic N) is 1. The van der Waals surface area contributed by atoms with Crippen molar-refractivity contribution in [2.24, 2.45) is 11.8 Å². The second-order valence-electron chi connectivity index (χ2n) is 7.08. The number of anilines is 2. The fourth-order valence-corrected chi connectivity index (χ4v) is 3.74. The third kappa shape index (κ3) is 3.42. The summed E-state index contributed by atoms with van der Waals surface area (Å²) in [7, 11) is 0. The van der Waals surface area contributed by atoms with E-state index in [-0.39, 0.29) is 24.3 Å². The van der Waals surface area contributed by atoms with E-state index >= 15 is 0 Å². The normalized spacial score (nSPS) is 23.5. The number of rotatable bonds is 5. The molecule has 5 nitrogen and oxygen atoms in total. The highest BCUT2D eigenvalue weighted by Gasteiger charge is 2.46. The minimum atomic E-state index is -0.000619. The van der Waals surface area contributed by atoms with Gasteiger partial charge in [0.15, 0.2) is 0 Å². The van der Waals surface area contributed by atoms with Crippen molar-refractivity contribution in [3.05, 3.63) is 48.4 Å². The van der Waals surface area contributed by atoms with Gasteiger partial charge in [-0.1, -0.05) is 12.1 Å². The molecule has 5 heteroatoms.